The van der Waals surface area contributed by atoms with Gasteiger partial charge in [-0.05, 0) is 25.5 Å². The van der Waals surface area contributed by atoms with Gasteiger partial charge in [0.2, 0.25) is 5.91 Å². The van der Waals surface area contributed by atoms with E-state index in [0.717, 1.165) is 5.82 Å². The number of rotatable bonds is 4. The molecule has 0 N–H and O–H groups in total. The topological polar surface area (TPSA) is 84.0 Å². The van der Waals surface area contributed by atoms with Crippen LogP contribution in [-0.2, 0) is 4.79 Å². The maximum Gasteiger partial charge on any atom is 0.228 e. The highest BCUT2D eigenvalue weighted by atomic mass is 16.2. The van der Waals surface area contributed by atoms with Crippen molar-refractivity contribution in [3.63, 3.8) is 0 Å². The zero-order valence-electron chi connectivity index (χ0n) is 14.5. The molecular weight excluding hydrogens is 302 g/mol. The summed E-state index contributed by atoms with van der Waals surface area (Å²) >= 11 is 0. The standard InChI is InChI=1S/C18H23N5O/c1-14-13-22(16-6-5-15(11-20)12-21-16)9-10-23(14)17(24)18(2,3)7-4-8-19/h5-6,12,14H,4,7,9-10,13H2,1-3H3. The number of anilines is 1. The van der Waals surface area contributed by atoms with Gasteiger partial charge >= 0.3 is 0 Å². The van der Waals surface area contributed by atoms with Crippen molar-refractivity contribution in [2.45, 2.75) is 39.7 Å². The van der Waals surface area contributed by atoms with Crippen molar-refractivity contribution < 1.29 is 4.79 Å². The molecule has 1 fully saturated rings. The summed E-state index contributed by atoms with van der Waals surface area (Å²) in [6.07, 6.45) is 2.54. The molecule has 6 heteroatoms. The molecule has 1 saturated heterocycles. The number of carbonyl (C=O) groups is 1. The first-order chi connectivity index (χ1) is 11.4. The summed E-state index contributed by atoms with van der Waals surface area (Å²) in [6.45, 7) is 7.91. The maximum absolute atomic E-state index is 12.8. The van der Waals surface area contributed by atoms with Crippen LogP contribution in [0.25, 0.3) is 0 Å². The Morgan fingerprint density at radius 1 is 1.38 bits per heavy atom. The monoisotopic (exact) mass is 325 g/mol. The molecule has 0 saturated carbocycles. The van der Waals surface area contributed by atoms with Crippen LogP contribution >= 0.6 is 0 Å². The van der Waals surface area contributed by atoms with Crippen LogP contribution in [0.2, 0.25) is 0 Å². The highest BCUT2D eigenvalue weighted by Gasteiger charge is 2.36. The molecule has 1 aromatic rings. The number of piperazine rings is 1. The highest BCUT2D eigenvalue weighted by molar-refractivity contribution is 5.82. The molecule has 0 bridgehead atoms. The highest BCUT2D eigenvalue weighted by Crippen LogP contribution is 2.28. The van der Waals surface area contributed by atoms with Crippen molar-refractivity contribution in [2.75, 3.05) is 24.5 Å². The number of carbonyl (C=O) groups excluding carboxylic acids is 1. The van der Waals surface area contributed by atoms with E-state index in [2.05, 4.69) is 22.0 Å². The second-order valence-corrected chi connectivity index (χ2v) is 6.85. The lowest BCUT2D eigenvalue weighted by Crippen LogP contribution is -2.57. The molecule has 1 atom stereocenters. The summed E-state index contributed by atoms with van der Waals surface area (Å²) in [5, 5.41) is 17.6. The minimum absolute atomic E-state index is 0.0741. The number of amides is 1. The molecule has 1 aromatic heterocycles. The third-order valence-electron chi connectivity index (χ3n) is 4.53. The van der Waals surface area contributed by atoms with E-state index in [1.807, 2.05) is 31.7 Å². The van der Waals surface area contributed by atoms with Gasteiger partial charge in [0.15, 0.2) is 0 Å². The molecular formula is C18H23N5O. The van der Waals surface area contributed by atoms with E-state index < -0.39 is 5.41 Å². The van der Waals surface area contributed by atoms with Crippen LogP contribution in [0, 0.1) is 28.1 Å². The van der Waals surface area contributed by atoms with E-state index in [1.54, 1.807) is 12.3 Å². The zero-order valence-corrected chi connectivity index (χ0v) is 14.5. The summed E-state index contributed by atoms with van der Waals surface area (Å²) in [7, 11) is 0. The largest absolute Gasteiger partial charge is 0.353 e. The Balaban J connectivity index is 2.03. The van der Waals surface area contributed by atoms with Gasteiger partial charge in [0.1, 0.15) is 11.9 Å². The summed E-state index contributed by atoms with van der Waals surface area (Å²) in [5.41, 5.74) is 0.0265. The molecule has 1 aliphatic rings. The lowest BCUT2D eigenvalue weighted by molar-refractivity contribution is -0.143. The van der Waals surface area contributed by atoms with E-state index >= 15 is 0 Å². The van der Waals surface area contributed by atoms with Crippen molar-refractivity contribution in [3.05, 3.63) is 23.9 Å². The SMILES string of the molecule is CC1CN(c2ccc(C#N)cn2)CCN1C(=O)C(C)(C)CCC#N. The second kappa shape index (κ2) is 7.31. The second-order valence-electron chi connectivity index (χ2n) is 6.85. The van der Waals surface area contributed by atoms with Crippen LogP contribution in [0.5, 0.6) is 0 Å². The van der Waals surface area contributed by atoms with E-state index in [0.29, 0.717) is 38.0 Å². The Kier molecular flexibility index (Phi) is 5.41. The molecule has 24 heavy (non-hydrogen) atoms. The van der Waals surface area contributed by atoms with Crippen molar-refractivity contribution in [1.29, 1.82) is 10.5 Å². The third-order valence-corrected chi connectivity index (χ3v) is 4.53. The normalized spacial score (nSPS) is 18.0. The summed E-state index contributed by atoms with van der Waals surface area (Å²) in [4.78, 5) is 21.2. The molecule has 0 aliphatic carbocycles. The molecule has 1 amide bonds. The predicted octanol–water partition coefficient (Wildman–Crippen LogP) is 2.32. The first-order valence-corrected chi connectivity index (χ1v) is 8.18. The first kappa shape index (κ1) is 17.7. The summed E-state index contributed by atoms with van der Waals surface area (Å²) < 4.78 is 0. The molecule has 6 nitrogen and oxygen atoms in total. The number of nitrogens with zero attached hydrogens (tertiary/aromatic N) is 5. The Hall–Kier alpha value is -2.60. The molecule has 1 aliphatic heterocycles. The van der Waals surface area contributed by atoms with Crippen LogP contribution in [0.15, 0.2) is 18.3 Å². The van der Waals surface area contributed by atoms with E-state index in [4.69, 9.17) is 10.5 Å². The Bertz CT molecular complexity index is 668. The molecule has 0 radical (unpaired) electrons. The predicted molar refractivity (Wildman–Crippen MR) is 91.0 cm³/mol. The quantitative estimate of drug-likeness (QED) is 0.848. The van der Waals surface area contributed by atoms with Gasteiger partial charge in [0.25, 0.3) is 0 Å². The number of hydrogen-bond donors (Lipinski definition) is 0. The number of nitriles is 2. The van der Waals surface area contributed by atoms with Crippen LogP contribution in [0.3, 0.4) is 0 Å². The average molecular weight is 325 g/mol. The average Bonchev–Trinajstić information content (AvgIpc) is 2.59. The van der Waals surface area contributed by atoms with Gasteiger partial charge in [-0.3, -0.25) is 4.79 Å². The Morgan fingerprint density at radius 3 is 2.67 bits per heavy atom. The van der Waals surface area contributed by atoms with E-state index in [-0.39, 0.29) is 11.9 Å². The molecule has 0 spiro atoms. The molecule has 2 heterocycles. The fourth-order valence-electron chi connectivity index (χ4n) is 2.97. The van der Waals surface area contributed by atoms with Crippen molar-refractivity contribution in [1.82, 2.24) is 9.88 Å². The summed E-state index contributed by atoms with van der Waals surface area (Å²) in [5.74, 6) is 0.939. The van der Waals surface area contributed by atoms with Crippen LogP contribution in [0.4, 0.5) is 5.82 Å². The van der Waals surface area contributed by atoms with Crippen molar-refractivity contribution >= 4 is 11.7 Å². The van der Waals surface area contributed by atoms with Gasteiger partial charge in [-0.1, -0.05) is 13.8 Å². The number of aromatic nitrogens is 1. The van der Waals surface area contributed by atoms with Gasteiger partial charge in [0.05, 0.1) is 11.6 Å². The van der Waals surface area contributed by atoms with Gasteiger partial charge < -0.3 is 9.80 Å². The van der Waals surface area contributed by atoms with Crippen LogP contribution in [-0.4, -0.2) is 41.5 Å². The number of pyridine rings is 1. The summed E-state index contributed by atoms with van der Waals surface area (Å²) in [6, 6.07) is 7.87. The maximum atomic E-state index is 12.8. The fraction of sp³-hybridized carbons (Fsp3) is 0.556. The van der Waals surface area contributed by atoms with Gasteiger partial charge in [-0.15, -0.1) is 0 Å². The third kappa shape index (κ3) is 3.83. The molecule has 2 rings (SSSR count). The van der Waals surface area contributed by atoms with E-state index in [9.17, 15) is 4.79 Å². The van der Waals surface area contributed by atoms with Crippen molar-refractivity contribution in [2.24, 2.45) is 5.41 Å². The van der Waals surface area contributed by atoms with Gasteiger partial charge in [-0.25, -0.2) is 4.98 Å². The Morgan fingerprint density at radius 2 is 2.12 bits per heavy atom. The van der Waals surface area contributed by atoms with Crippen molar-refractivity contribution in [3.8, 4) is 12.1 Å². The smallest absolute Gasteiger partial charge is 0.228 e. The lowest BCUT2D eigenvalue weighted by Gasteiger charge is -2.43. The minimum atomic E-state index is -0.515. The van der Waals surface area contributed by atoms with Gasteiger partial charge in [0, 0.05) is 43.7 Å². The molecule has 1 unspecified atom stereocenters. The Labute approximate surface area is 143 Å². The van der Waals surface area contributed by atoms with E-state index in [1.165, 1.54) is 0 Å². The first-order valence-electron chi connectivity index (χ1n) is 8.18. The zero-order chi connectivity index (χ0) is 17.7. The van der Waals surface area contributed by atoms with Crippen LogP contribution < -0.4 is 4.90 Å². The fourth-order valence-corrected chi connectivity index (χ4v) is 2.97. The number of hydrogen-bond acceptors (Lipinski definition) is 5. The molecule has 0 aromatic carbocycles. The lowest BCUT2D eigenvalue weighted by atomic mass is 9.85. The van der Waals surface area contributed by atoms with Gasteiger partial charge in [-0.2, -0.15) is 10.5 Å². The minimum Gasteiger partial charge on any atom is -0.353 e. The van der Waals surface area contributed by atoms with Crippen LogP contribution in [0.1, 0.15) is 39.2 Å². The molecule has 126 valence electrons.